The number of halogens is 1. The first-order valence-electron chi connectivity index (χ1n) is 6.94. The summed E-state index contributed by atoms with van der Waals surface area (Å²) in [5.41, 5.74) is 3.56. The van der Waals surface area contributed by atoms with Crippen LogP contribution in [0.15, 0.2) is 53.0 Å². The van der Waals surface area contributed by atoms with Gasteiger partial charge in [-0.3, -0.25) is 0 Å². The van der Waals surface area contributed by atoms with Gasteiger partial charge in [-0.15, -0.1) is 0 Å². The van der Waals surface area contributed by atoms with Crippen LogP contribution in [0.4, 0.5) is 5.69 Å². The monoisotopic (exact) mass is 362 g/mol. The third-order valence-electron chi connectivity index (χ3n) is 3.33. The van der Waals surface area contributed by atoms with E-state index in [0.29, 0.717) is 0 Å². The van der Waals surface area contributed by atoms with E-state index in [9.17, 15) is 0 Å². The molecule has 110 valence electrons. The molecular formula is C17H19BrN2S. The Morgan fingerprint density at radius 2 is 1.81 bits per heavy atom. The molecule has 2 nitrogen and oxygen atoms in total. The lowest BCUT2D eigenvalue weighted by molar-refractivity contribution is 0.507. The van der Waals surface area contributed by atoms with Crippen molar-refractivity contribution in [3.8, 4) is 0 Å². The molecule has 0 aromatic heterocycles. The maximum Gasteiger partial charge on any atom is 0.173 e. The molecule has 21 heavy (non-hydrogen) atoms. The fraction of sp³-hybridized carbons (Fsp3) is 0.235. The molecule has 4 heteroatoms. The van der Waals surface area contributed by atoms with E-state index >= 15 is 0 Å². The molecule has 0 saturated heterocycles. The minimum atomic E-state index is 0.718. The van der Waals surface area contributed by atoms with Gasteiger partial charge in [0.25, 0.3) is 0 Å². The van der Waals surface area contributed by atoms with Gasteiger partial charge < -0.3 is 10.2 Å². The van der Waals surface area contributed by atoms with Crippen LogP contribution in [0.3, 0.4) is 0 Å². The Hall–Kier alpha value is -1.39. The van der Waals surface area contributed by atoms with E-state index in [-0.39, 0.29) is 0 Å². The first-order chi connectivity index (χ1) is 10.1. The molecule has 0 atom stereocenters. The Morgan fingerprint density at radius 1 is 1.14 bits per heavy atom. The highest BCUT2D eigenvalue weighted by Crippen LogP contribution is 2.18. The summed E-state index contributed by atoms with van der Waals surface area (Å²) in [7, 11) is 2.00. The second kappa shape index (κ2) is 7.57. The third-order valence-corrected chi connectivity index (χ3v) is 4.51. The highest BCUT2D eigenvalue weighted by Gasteiger charge is 2.07. The summed E-state index contributed by atoms with van der Waals surface area (Å²) < 4.78 is 1.10. The fourth-order valence-corrected chi connectivity index (χ4v) is 2.59. The molecule has 0 unspecified atom stereocenters. The first-order valence-corrected chi connectivity index (χ1v) is 8.14. The van der Waals surface area contributed by atoms with Crippen LogP contribution in [0.2, 0.25) is 0 Å². The average molecular weight is 363 g/mol. The Balaban J connectivity index is 1.97. The number of nitrogens with zero attached hydrogens (tertiary/aromatic N) is 1. The second-order valence-electron chi connectivity index (χ2n) is 4.93. The minimum Gasteiger partial charge on any atom is -0.348 e. The first kappa shape index (κ1) is 16.0. The van der Waals surface area contributed by atoms with Crippen molar-refractivity contribution in [2.75, 3.05) is 12.4 Å². The van der Waals surface area contributed by atoms with E-state index in [4.69, 9.17) is 12.2 Å². The Morgan fingerprint density at radius 3 is 2.43 bits per heavy atom. The van der Waals surface area contributed by atoms with Gasteiger partial charge in [-0.05, 0) is 48.0 Å². The van der Waals surface area contributed by atoms with Gasteiger partial charge in [0.05, 0.1) is 0 Å². The Kier molecular flexibility index (Phi) is 5.76. The molecule has 0 heterocycles. The molecule has 2 aromatic carbocycles. The summed E-state index contributed by atoms with van der Waals surface area (Å²) in [6.45, 7) is 2.92. The van der Waals surface area contributed by atoms with E-state index in [2.05, 4.69) is 58.5 Å². The van der Waals surface area contributed by atoms with Crippen LogP contribution in [0.5, 0.6) is 0 Å². The van der Waals surface area contributed by atoms with Crippen molar-refractivity contribution in [3.05, 3.63) is 64.1 Å². The maximum absolute atomic E-state index is 5.46. The van der Waals surface area contributed by atoms with Gasteiger partial charge >= 0.3 is 0 Å². The third kappa shape index (κ3) is 4.55. The van der Waals surface area contributed by atoms with Crippen molar-refractivity contribution < 1.29 is 0 Å². The van der Waals surface area contributed by atoms with Crippen molar-refractivity contribution in [2.45, 2.75) is 19.9 Å². The molecular weight excluding hydrogens is 344 g/mol. The minimum absolute atomic E-state index is 0.718. The number of benzene rings is 2. The fourth-order valence-electron chi connectivity index (χ4n) is 2.00. The zero-order valence-electron chi connectivity index (χ0n) is 12.3. The second-order valence-corrected chi connectivity index (χ2v) is 6.17. The van der Waals surface area contributed by atoms with Crippen molar-refractivity contribution >= 4 is 38.9 Å². The van der Waals surface area contributed by atoms with Gasteiger partial charge in [-0.1, -0.05) is 53.2 Å². The lowest BCUT2D eigenvalue weighted by Crippen LogP contribution is -2.30. The molecule has 0 aliphatic rings. The number of hydrogen-bond acceptors (Lipinski definition) is 1. The van der Waals surface area contributed by atoms with Gasteiger partial charge in [-0.25, -0.2) is 0 Å². The molecule has 0 aliphatic heterocycles. The Labute approximate surface area is 140 Å². The number of nitrogens with one attached hydrogen (secondary N) is 1. The lowest BCUT2D eigenvalue weighted by atomic mass is 10.1. The summed E-state index contributed by atoms with van der Waals surface area (Å²) in [5.74, 6) is 0. The van der Waals surface area contributed by atoms with Crippen molar-refractivity contribution in [3.63, 3.8) is 0 Å². The number of anilines is 1. The number of rotatable bonds is 4. The summed E-state index contributed by atoms with van der Waals surface area (Å²) in [6.07, 6.45) is 1.05. The number of thiocarbonyl (C=S) groups is 1. The molecule has 2 aromatic rings. The van der Waals surface area contributed by atoms with E-state index in [1.54, 1.807) is 0 Å². The zero-order chi connectivity index (χ0) is 15.2. The maximum atomic E-state index is 5.46. The SMILES string of the molecule is CCc1ccc(NC(=S)N(C)Cc2ccccc2Br)cc1. The van der Waals surface area contributed by atoms with E-state index in [0.717, 1.165) is 28.2 Å². The lowest BCUT2D eigenvalue weighted by Gasteiger charge is -2.21. The number of hydrogen-bond donors (Lipinski definition) is 1. The molecule has 0 bridgehead atoms. The molecule has 0 saturated carbocycles. The molecule has 0 spiro atoms. The predicted octanol–water partition coefficient (Wildman–Crippen LogP) is 4.84. The van der Waals surface area contributed by atoms with Gasteiger partial charge in [0.2, 0.25) is 0 Å². The zero-order valence-corrected chi connectivity index (χ0v) is 14.7. The van der Waals surface area contributed by atoms with Crippen LogP contribution >= 0.6 is 28.1 Å². The van der Waals surface area contributed by atoms with Gasteiger partial charge in [-0.2, -0.15) is 0 Å². The van der Waals surface area contributed by atoms with Gasteiger partial charge in [0.15, 0.2) is 5.11 Å². The quantitative estimate of drug-likeness (QED) is 0.783. The Bertz CT molecular complexity index is 610. The molecule has 0 amide bonds. The number of aryl methyl sites for hydroxylation is 1. The molecule has 1 N–H and O–H groups in total. The molecule has 2 rings (SSSR count). The van der Waals surface area contributed by atoms with E-state index in [1.165, 1.54) is 11.1 Å². The van der Waals surface area contributed by atoms with Crippen LogP contribution in [-0.4, -0.2) is 17.1 Å². The van der Waals surface area contributed by atoms with Crippen molar-refractivity contribution in [1.82, 2.24) is 4.90 Å². The van der Waals surface area contributed by atoms with Crippen LogP contribution in [0, 0.1) is 0 Å². The normalized spacial score (nSPS) is 10.2. The van der Waals surface area contributed by atoms with Crippen molar-refractivity contribution in [1.29, 1.82) is 0 Å². The van der Waals surface area contributed by atoms with Crippen LogP contribution in [0.25, 0.3) is 0 Å². The van der Waals surface area contributed by atoms with E-state index < -0.39 is 0 Å². The van der Waals surface area contributed by atoms with Gasteiger partial charge in [0.1, 0.15) is 0 Å². The largest absolute Gasteiger partial charge is 0.348 e. The molecule has 0 aliphatic carbocycles. The van der Waals surface area contributed by atoms with Crippen LogP contribution in [0.1, 0.15) is 18.1 Å². The predicted molar refractivity (Wildman–Crippen MR) is 97.6 cm³/mol. The van der Waals surface area contributed by atoms with E-state index in [1.807, 2.05) is 30.1 Å². The summed E-state index contributed by atoms with van der Waals surface area (Å²) in [4.78, 5) is 2.03. The van der Waals surface area contributed by atoms with Crippen LogP contribution < -0.4 is 5.32 Å². The highest BCUT2D eigenvalue weighted by molar-refractivity contribution is 9.10. The van der Waals surface area contributed by atoms with Gasteiger partial charge in [0, 0.05) is 23.8 Å². The summed E-state index contributed by atoms with van der Waals surface area (Å²) in [6, 6.07) is 16.6. The van der Waals surface area contributed by atoms with Crippen molar-refractivity contribution in [2.24, 2.45) is 0 Å². The summed E-state index contributed by atoms with van der Waals surface area (Å²) >= 11 is 9.03. The highest BCUT2D eigenvalue weighted by atomic mass is 79.9. The smallest absolute Gasteiger partial charge is 0.173 e. The average Bonchev–Trinajstić information content (AvgIpc) is 2.50. The molecule has 0 radical (unpaired) electrons. The topological polar surface area (TPSA) is 15.3 Å². The standard InChI is InChI=1S/C17H19BrN2S/c1-3-13-8-10-15(11-9-13)19-17(21)20(2)12-14-6-4-5-7-16(14)18/h4-11H,3,12H2,1-2H3,(H,19,21). The summed E-state index contributed by atoms with van der Waals surface area (Å²) in [5, 5.41) is 3.99. The van der Waals surface area contributed by atoms with Crippen LogP contribution in [-0.2, 0) is 13.0 Å². The molecule has 0 fully saturated rings.